The molecule has 39 heavy (non-hydrogen) atoms. The third-order valence-corrected chi connectivity index (χ3v) is 8.34. The van der Waals surface area contributed by atoms with Crippen LogP contribution in [-0.4, -0.2) is 44.5 Å². The van der Waals surface area contributed by atoms with Crippen LogP contribution in [0.25, 0.3) is 22.3 Å². The highest BCUT2D eigenvalue weighted by Gasteiger charge is 2.46. The first-order valence-electron chi connectivity index (χ1n) is 13.1. The van der Waals surface area contributed by atoms with Crippen LogP contribution in [0, 0.1) is 0 Å². The van der Waals surface area contributed by atoms with Crippen molar-refractivity contribution in [1.29, 1.82) is 0 Å². The number of carbonyl (C=O) groups excluding carboxylic acids is 2. The Balaban J connectivity index is 1.43. The lowest BCUT2D eigenvalue weighted by atomic mass is 9.86. The number of carbonyl (C=O) groups is 2. The molecule has 1 amide bonds. The summed E-state index contributed by atoms with van der Waals surface area (Å²) >= 11 is 0. The molecule has 2 unspecified atom stereocenters. The van der Waals surface area contributed by atoms with Crippen molar-refractivity contribution in [3.05, 3.63) is 50.3 Å². The molecule has 0 radical (unpaired) electrons. The first-order chi connectivity index (χ1) is 18.7. The van der Waals surface area contributed by atoms with Crippen molar-refractivity contribution >= 4 is 22.8 Å². The number of hydrogen-bond donors (Lipinski definition) is 3. The van der Waals surface area contributed by atoms with E-state index in [0.29, 0.717) is 41.2 Å². The van der Waals surface area contributed by atoms with Gasteiger partial charge >= 0.3 is 5.97 Å². The molecule has 2 aromatic heterocycles. The molecule has 3 aromatic rings. The Kier molecular flexibility index (Phi) is 5.11. The number of aromatic nitrogens is 2. The van der Waals surface area contributed by atoms with Gasteiger partial charge in [-0.1, -0.05) is 6.92 Å². The van der Waals surface area contributed by atoms with E-state index < -0.39 is 23.7 Å². The summed E-state index contributed by atoms with van der Waals surface area (Å²) in [6.45, 7) is 3.42. The van der Waals surface area contributed by atoms with Gasteiger partial charge in [0.1, 0.15) is 6.61 Å². The van der Waals surface area contributed by atoms with Gasteiger partial charge in [-0.2, -0.15) is 0 Å². The number of aliphatic hydroxyl groups is 2. The second-order valence-electron chi connectivity index (χ2n) is 10.7. The summed E-state index contributed by atoms with van der Waals surface area (Å²) in [5, 5.41) is 24.8. The van der Waals surface area contributed by atoms with Gasteiger partial charge in [0.25, 0.3) is 5.56 Å². The first kappa shape index (κ1) is 24.1. The van der Waals surface area contributed by atoms with Crippen LogP contribution in [-0.2, 0) is 39.5 Å². The quantitative estimate of drug-likeness (QED) is 0.326. The molecule has 11 heteroatoms. The van der Waals surface area contributed by atoms with E-state index in [9.17, 15) is 24.6 Å². The van der Waals surface area contributed by atoms with Crippen molar-refractivity contribution in [2.75, 3.05) is 6.79 Å². The number of fused-ring (bicyclic) bond motifs is 7. The van der Waals surface area contributed by atoms with E-state index in [1.807, 2.05) is 6.07 Å². The number of hydrogen-bond acceptors (Lipinski definition) is 9. The lowest BCUT2D eigenvalue weighted by Crippen LogP contribution is -2.44. The Bertz CT molecular complexity index is 1680. The van der Waals surface area contributed by atoms with Crippen LogP contribution >= 0.6 is 0 Å². The monoisotopic (exact) mass is 533 g/mol. The summed E-state index contributed by atoms with van der Waals surface area (Å²) in [6.07, 6.45) is 0.450. The Morgan fingerprint density at radius 1 is 1.23 bits per heavy atom. The molecule has 3 N–H and O–H groups in total. The fourth-order valence-electron chi connectivity index (χ4n) is 6.35. The lowest BCUT2D eigenvalue weighted by molar-refractivity contribution is -0.172. The van der Waals surface area contributed by atoms with Crippen LogP contribution in [0.5, 0.6) is 11.5 Å². The van der Waals surface area contributed by atoms with Crippen LogP contribution in [0.3, 0.4) is 0 Å². The zero-order valence-corrected chi connectivity index (χ0v) is 21.5. The second kappa shape index (κ2) is 8.27. The standard InChI is InChI=1S/C28H27N3O8/c1-3-28(36)16-7-19-24-14(9-31(19)26(34)15(16)10-37-27(28)35)23-17(29-21(33)5-4-12(2)32)6-13-22(23)18(30-24)8-20-25(13)39-11-38-20/h7-8,12,17,32,36H,3-6,9-11H2,1-2H3,(H,29,33)/t12?,17?,28-/m0/s1. The van der Waals surface area contributed by atoms with Gasteiger partial charge in [0.15, 0.2) is 17.1 Å². The van der Waals surface area contributed by atoms with Crippen molar-refractivity contribution < 1.29 is 34.0 Å². The zero-order chi connectivity index (χ0) is 27.2. The van der Waals surface area contributed by atoms with E-state index in [2.05, 4.69) is 5.32 Å². The summed E-state index contributed by atoms with van der Waals surface area (Å²) in [7, 11) is 0. The maximum atomic E-state index is 13.7. The van der Waals surface area contributed by atoms with Crippen LogP contribution in [0.2, 0.25) is 0 Å². The predicted octanol–water partition coefficient (Wildman–Crippen LogP) is 1.68. The molecule has 202 valence electrons. The fraction of sp³-hybridized carbons (Fsp3) is 0.429. The maximum Gasteiger partial charge on any atom is 0.343 e. The number of cyclic esters (lactones) is 1. The fourth-order valence-corrected chi connectivity index (χ4v) is 6.35. The Morgan fingerprint density at radius 2 is 2.05 bits per heavy atom. The summed E-state index contributed by atoms with van der Waals surface area (Å²) < 4.78 is 18.2. The van der Waals surface area contributed by atoms with E-state index in [0.717, 1.165) is 22.1 Å². The number of pyridine rings is 2. The lowest BCUT2D eigenvalue weighted by Gasteiger charge is -2.31. The number of nitrogens with one attached hydrogen (secondary N) is 1. The number of esters is 1. The molecule has 11 nitrogen and oxygen atoms in total. The van der Waals surface area contributed by atoms with Gasteiger partial charge in [-0.05, 0) is 31.4 Å². The molecular weight excluding hydrogens is 506 g/mol. The molecule has 0 saturated carbocycles. The van der Waals surface area contributed by atoms with Gasteiger partial charge in [0, 0.05) is 41.0 Å². The van der Waals surface area contributed by atoms with E-state index in [1.54, 1.807) is 24.5 Å². The van der Waals surface area contributed by atoms with Crippen LogP contribution in [0.4, 0.5) is 0 Å². The van der Waals surface area contributed by atoms with Gasteiger partial charge in [0.05, 0.1) is 41.2 Å². The average Bonchev–Trinajstić information content (AvgIpc) is 3.62. The van der Waals surface area contributed by atoms with Gasteiger partial charge < -0.3 is 34.3 Å². The van der Waals surface area contributed by atoms with Crippen LogP contribution in [0.1, 0.15) is 67.0 Å². The topological polar surface area (TPSA) is 149 Å². The number of aliphatic hydroxyl groups excluding tert-OH is 1. The summed E-state index contributed by atoms with van der Waals surface area (Å²) in [6, 6.07) is 3.09. The molecule has 1 aromatic carbocycles. The molecule has 3 atom stereocenters. The van der Waals surface area contributed by atoms with Crippen molar-refractivity contribution in [2.45, 2.75) is 70.4 Å². The number of benzene rings is 1. The zero-order valence-electron chi connectivity index (χ0n) is 21.5. The Morgan fingerprint density at radius 3 is 2.82 bits per heavy atom. The van der Waals surface area contributed by atoms with E-state index >= 15 is 0 Å². The molecule has 1 aliphatic carbocycles. The molecule has 0 fully saturated rings. The van der Waals surface area contributed by atoms with Gasteiger partial charge in [-0.25, -0.2) is 9.78 Å². The molecule has 0 bridgehead atoms. The molecular formula is C28H27N3O8. The maximum absolute atomic E-state index is 13.7. The first-order valence-corrected chi connectivity index (χ1v) is 13.1. The number of amides is 1. The smallest absolute Gasteiger partial charge is 0.343 e. The van der Waals surface area contributed by atoms with E-state index in [4.69, 9.17) is 19.2 Å². The van der Waals surface area contributed by atoms with Crippen molar-refractivity contribution in [1.82, 2.24) is 14.9 Å². The van der Waals surface area contributed by atoms with E-state index in [1.165, 1.54) is 0 Å². The summed E-state index contributed by atoms with van der Waals surface area (Å²) in [4.78, 5) is 44.0. The van der Waals surface area contributed by atoms with Gasteiger partial charge in [-0.3, -0.25) is 9.59 Å². The minimum atomic E-state index is -1.92. The van der Waals surface area contributed by atoms with Crippen LogP contribution < -0.4 is 20.3 Å². The van der Waals surface area contributed by atoms with Gasteiger partial charge in [0.2, 0.25) is 12.7 Å². The molecule has 7 rings (SSSR count). The summed E-state index contributed by atoms with van der Waals surface area (Å²) in [5.41, 5.74) is 2.50. The number of ether oxygens (including phenoxy) is 3. The van der Waals surface area contributed by atoms with Crippen molar-refractivity contribution in [3.63, 3.8) is 0 Å². The molecule has 5 heterocycles. The van der Waals surface area contributed by atoms with E-state index in [-0.39, 0.29) is 55.4 Å². The second-order valence-corrected chi connectivity index (χ2v) is 10.7. The Hall–Kier alpha value is -3.96. The summed E-state index contributed by atoms with van der Waals surface area (Å²) in [5.74, 6) is 0.245. The highest BCUT2D eigenvalue weighted by atomic mass is 16.7. The number of rotatable bonds is 5. The van der Waals surface area contributed by atoms with Crippen molar-refractivity contribution in [2.24, 2.45) is 0 Å². The normalized spacial score (nSPS) is 22.4. The van der Waals surface area contributed by atoms with Crippen molar-refractivity contribution in [3.8, 4) is 22.9 Å². The minimum absolute atomic E-state index is 0.0539. The SMILES string of the molecule is CC[C@@]1(O)C(=O)OCc2c1cc1n(c2=O)Cc2c-1nc1cc3c(c4c1c2C(NC(=O)CCC(C)O)C4)OCO3. The third-order valence-electron chi connectivity index (χ3n) is 8.34. The minimum Gasteiger partial charge on any atom is -0.458 e. The largest absolute Gasteiger partial charge is 0.458 e. The third kappa shape index (κ3) is 3.29. The van der Waals surface area contributed by atoms with Gasteiger partial charge in [-0.15, -0.1) is 0 Å². The Labute approximate surface area is 222 Å². The molecule has 0 saturated heterocycles. The highest BCUT2D eigenvalue weighted by Crippen LogP contribution is 2.51. The molecule has 3 aliphatic heterocycles. The number of nitrogens with zero attached hydrogens (tertiary/aromatic N) is 2. The molecule has 0 spiro atoms. The molecule has 4 aliphatic rings. The average molecular weight is 534 g/mol. The predicted molar refractivity (Wildman–Crippen MR) is 136 cm³/mol. The highest BCUT2D eigenvalue weighted by molar-refractivity contribution is 5.97. The van der Waals surface area contributed by atoms with Crippen LogP contribution in [0.15, 0.2) is 16.9 Å².